The van der Waals surface area contributed by atoms with Crippen molar-refractivity contribution in [1.29, 1.82) is 0 Å². The van der Waals surface area contributed by atoms with Crippen LogP contribution in [0.5, 0.6) is 0 Å². The maximum atomic E-state index is 13.6. The standard InChI is InChI=1S/C24H30O7/c1-8-9-10-11-15(25)16-17(26)13(3)20(28)22(6)18(16)21(5)19(27)12(2)14(4)23(7,29)24(21,30)31-22/h8-11,18,25-26,29-30H,1-7H3/b9-8+,11-10+,16-15-/t18-,21-,22+,23?,24-/m0/s1. The Balaban J connectivity index is 2.45. The number of hydrogen-bond donors (Lipinski definition) is 4. The number of aliphatic hydroxyl groups excluding tert-OH is 2. The van der Waals surface area contributed by atoms with Crippen LogP contribution in [0.4, 0.5) is 0 Å². The van der Waals surface area contributed by atoms with E-state index < -0.39 is 45.6 Å². The molecule has 1 aliphatic heterocycles. The average molecular weight is 430 g/mol. The van der Waals surface area contributed by atoms with Crippen LogP contribution in [0.3, 0.4) is 0 Å². The van der Waals surface area contributed by atoms with E-state index in [1.54, 1.807) is 19.1 Å². The zero-order valence-corrected chi connectivity index (χ0v) is 18.9. The monoisotopic (exact) mass is 430 g/mol. The van der Waals surface area contributed by atoms with Crippen molar-refractivity contribution in [2.75, 3.05) is 0 Å². The summed E-state index contributed by atoms with van der Waals surface area (Å²) in [5.74, 6) is -5.76. The van der Waals surface area contributed by atoms with Gasteiger partial charge < -0.3 is 25.2 Å². The highest BCUT2D eigenvalue weighted by molar-refractivity contribution is 6.09. The molecule has 5 atom stereocenters. The molecule has 4 N–H and O–H groups in total. The van der Waals surface area contributed by atoms with E-state index in [9.17, 15) is 30.0 Å². The van der Waals surface area contributed by atoms with Crippen molar-refractivity contribution in [3.8, 4) is 0 Å². The Morgan fingerprint density at radius 2 is 1.58 bits per heavy atom. The molecule has 0 aromatic heterocycles. The number of aliphatic hydroxyl groups is 4. The second-order valence-corrected chi connectivity index (χ2v) is 9.13. The molecule has 0 amide bonds. The van der Waals surface area contributed by atoms with Crippen LogP contribution in [0.1, 0.15) is 48.5 Å². The molecule has 0 aromatic carbocycles. The first-order valence-electron chi connectivity index (χ1n) is 10.2. The van der Waals surface area contributed by atoms with Crippen LogP contribution in [0.25, 0.3) is 0 Å². The minimum Gasteiger partial charge on any atom is -0.508 e. The molecule has 3 rings (SSSR count). The molecule has 7 heteroatoms. The van der Waals surface area contributed by atoms with Gasteiger partial charge in [0.25, 0.3) is 0 Å². The van der Waals surface area contributed by atoms with E-state index >= 15 is 0 Å². The first kappa shape index (κ1) is 23.2. The van der Waals surface area contributed by atoms with Gasteiger partial charge in [-0.2, -0.15) is 0 Å². The normalized spacial score (nSPS) is 42.7. The Morgan fingerprint density at radius 1 is 1.00 bits per heavy atom. The number of carbonyl (C=O) groups is 2. The topological polar surface area (TPSA) is 124 Å². The van der Waals surface area contributed by atoms with Crippen molar-refractivity contribution in [3.05, 3.63) is 58.1 Å². The number of ether oxygens (including phenoxy) is 1. The van der Waals surface area contributed by atoms with Gasteiger partial charge in [0.2, 0.25) is 5.79 Å². The number of Topliss-reactive ketones (excluding diaryl/α,β-unsaturated/α-hetero) is 2. The second-order valence-electron chi connectivity index (χ2n) is 9.13. The van der Waals surface area contributed by atoms with E-state index in [-0.39, 0.29) is 28.1 Å². The fourth-order valence-corrected chi connectivity index (χ4v) is 5.46. The van der Waals surface area contributed by atoms with Crippen LogP contribution >= 0.6 is 0 Å². The lowest BCUT2D eigenvalue weighted by atomic mass is 9.52. The molecule has 1 saturated heterocycles. The van der Waals surface area contributed by atoms with Gasteiger partial charge in [0.05, 0.1) is 5.41 Å². The fraction of sp³-hybridized carbons (Fsp3) is 0.500. The van der Waals surface area contributed by atoms with E-state index in [4.69, 9.17) is 4.74 Å². The third-order valence-electron chi connectivity index (χ3n) is 7.48. The second kappa shape index (κ2) is 6.76. The van der Waals surface area contributed by atoms with Crippen LogP contribution in [0.15, 0.2) is 58.1 Å². The Bertz CT molecular complexity index is 1040. The van der Waals surface area contributed by atoms with Gasteiger partial charge in [-0.25, -0.2) is 0 Å². The quantitative estimate of drug-likeness (QED) is 0.392. The molecular formula is C24H30O7. The highest BCUT2D eigenvalue weighted by Crippen LogP contribution is 2.67. The summed E-state index contributed by atoms with van der Waals surface area (Å²) in [6, 6.07) is 0. The highest BCUT2D eigenvalue weighted by Gasteiger charge is 2.81. The van der Waals surface area contributed by atoms with Gasteiger partial charge >= 0.3 is 0 Å². The van der Waals surface area contributed by atoms with Gasteiger partial charge in [-0.3, -0.25) is 9.59 Å². The molecule has 31 heavy (non-hydrogen) atoms. The van der Waals surface area contributed by atoms with Crippen LogP contribution in [0.2, 0.25) is 0 Å². The summed E-state index contributed by atoms with van der Waals surface area (Å²) >= 11 is 0. The van der Waals surface area contributed by atoms with Crippen molar-refractivity contribution in [3.63, 3.8) is 0 Å². The van der Waals surface area contributed by atoms with Crippen molar-refractivity contribution < 1.29 is 34.8 Å². The molecule has 0 spiro atoms. The number of allylic oxidation sites excluding steroid dienone is 6. The summed E-state index contributed by atoms with van der Waals surface area (Å²) in [5.41, 5.74) is -5.41. The summed E-state index contributed by atoms with van der Waals surface area (Å²) in [6.07, 6.45) is 6.27. The van der Waals surface area contributed by atoms with Crippen LogP contribution in [-0.4, -0.2) is 49.0 Å². The predicted molar refractivity (Wildman–Crippen MR) is 114 cm³/mol. The molecule has 0 saturated carbocycles. The van der Waals surface area contributed by atoms with Gasteiger partial charge in [-0.1, -0.05) is 18.2 Å². The number of rotatable bonds is 2. The van der Waals surface area contributed by atoms with Gasteiger partial charge in [-0.15, -0.1) is 0 Å². The molecule has 0 aromatic rings. The smallest absolute Gasteiger partial charge is 0.213 e. The highest BCUT2D eigenvalue weighted by atomic mass is 16.7. The lowest BCUT2D eigenvalue weighted by Crippen LogP contribution is -2.67. The zero-order chi connectivity index (χ0) is 23.7. The van der Waals surface area contributed by atoms with Crippen LogP contribution < -0.4 is 0 Å². The third kappa shape index (κ3) is 2.51. The molecule has 0 bridgehead atoms. The Labute approximate surface area is 181 Å². The van der Waals surface area contributed by atoms with Crippen molar-refractivity contribution in [2.45, 2.75) is 65.5 Å². The van der Waals surface area contributed by atoms with Crippen LogP contribution in [-0.2, 0) is 14.3 Å². The minimum atomic E-state index is -2.49. The molecule has 1 fully saturated rings. The summed E-state index contributed by atoms with van der Waals surface area (Å²) in [5, 5.41) is 44.8. The summed E-state index contributed by atoms with van der Waals surface area (Å²) in [6.45, 7) is 10.4. The van der Waals surface area contributed by atoms with Crippen molar-refractivity contribution in [1.82, 2.24) is 0 Å². The van der Waals surface area contributed by atoms with Crippen LogP contribution in [0, 0.1) is 11.3 Å². The maximum Gasteiger partial charge on any atom is 0.213 e. The predicted octanol–water partition coefficient (Wildman–Crippen LogP) is 3.12. The molecule has 0 radical (unpaired) electrons. The Morgan fingerprint density at radius 3 is 2.13 bits per heavy atom. The maximum absolute atomic E-state index is 13.6. The van der Waals surface area contributed by atoms with E-state index in [1.807, 2.05) is 0 Å². The summed E-state index contributed by atoms with van der Waals surface area (Å²) < 4.78 is 5.96. The average Bonchev–Trinajstić information content (AvgIpc) is 2.90. The van der Waals surface area contributed by atoms with Gasteiger partial charge in [0.1, 0.15) is 22.7 Å². The van der Waals surface area contributed by atoms with Crippen molar-refractivity contribution >= 4 is 11.6 Å². The van der Waals surface area contributed by atoms with Gasteiger partial charge in [0, 0.05) is 17.1 Å². The zero-order valence-electron chi connectivity index (χ0n) is 18.9. The van der Waals surface area contributed by atoms with E-state index in [1.165, 1.54) is 53.7 Å². The van der Waals surface area contributed by atoms with Gasteiger partial charge in [0.15, 0.2) is 11.6 Å². The largest absolute Gasteiger partial charge is 0.508 e. The van der Waals surface area contributed by atoms with E-state index in [0.717, 1.165) is 0 Å². The number of fused-ring (bicyclic) bond motifs is 3. The Hall–Kier alpha value is -2.48. The van der Waals surface area contributed by atoms with Crippen molar-refractivity contribution in [2.24, 2.45) is 11.3 Å². The number of carbonyl (C=O) groups excluding carboxylic acids is 2. The Kier molecular flexibility index (Phi) is 5.05. The van der Waals surface area contributed by atoms with Gasteiger partial charge in [-0.05, 0) is 65.7 Å². The SMILES string of the molecule is C/C=C/C=C/C(O)=C1\C(O)=C(C)C(=O)[C@]2(C)O[C@]3(O)C(C)(O)C(C)=C(C)C(=O)[C@]3(C)[C@H]12. The lowest BCUT2D eigenvalue weighted by Gasteiger charge is -2.51. The fourth-order valence-electron chi connectivity index (χ4n) is 5.46. The third-order valence-corrected chi connectivity index (χ3v) is 7.48. The first-order valence-corrected chi connectivity index (χ1v) is 10.2. The number of hydrogen-bond acceptors (Lipinski definition) is 7. The van der Waals surface area contributed by atoms with E-state index in [2.05, 4.69) is 0 Å². The molecule has 1 heterocycles. The molecule has 7 nitrogen and oxygen atoms in total. The molecule has 2 aliphatic carbocycles. The summed E-state index contributed by atoms with van der Waals surface area (Å²) in [4.78, 5) is 26.9. The lowest BCUT2D eigenvalue weighted by molar-refractivity contribution is -0.314. The summed E-state index contributed by atoms with van der Waals surface area (Å²) in [7, 11) is 0. The van der Waals surface area contributed by atoms with E-state index in [0.29, 0.717) is 0 Å². The number of ketones is 2. The first-order chi connectivity index (χ1) is 14.1. The molecule has 3 aliphatic rings. The molecule has 1 unspecified atom stereocenters. The molecular weight excluding hydrogens is 400 g/mol. The minimum absolute atomic E-state index is 0.0703. The molecule has 168 valence electrons.